The van der Waals surface area contributed by atoms with E-state index >= 15 is 0 Å². The first-order chi connectivity index (χ1) is 8.79. The molecule has 1 aromatic carbocycles. The second-order valence-corrected chi connectivity index (χ2v) is 5.53. The van der Waals surface area contributed by atoms with Gasteiger partial charge in [0.05, 0.1) is 13.2 Å². The Morgan fingerprint density at radius 3 is 3.17 bits per heavy atom. The molecule has 0 amide bonds. The molecule has 2 unspecified atom stereocenters. The van der Waals surface area contributed by atoms with Gasteiger partial charge in [-0.25, -0.2) is 0 Å². The Morgan fingerprint density at radius 1 is 1.50 bits per heavy atom. The van der Waals surface area contributed by atoms with E-state index in [0.717, 1.165) is 42.9 Å². The van der Waals surface area contributed by atoms with Gasteiger partial charge < -0.3 is 14.8 Å². The van der Waals surface area contributed by atoms with E-state index in [1.54, 1.807) is 0 Å². The average molecular weight is 314 g/mol. The molecule has 1 aliphatic rings. The summed E-state index contributed by atoms with van der Waals surface area (Å²) in [4.78, 5) is 0. The summed E-state index contributed by atoms with van der Waals surface area (Å²) < 4.78 is 12.4. The van der Waals surface area contributed by atoms with E-state index in [4.69, 9.17) is 9.47 Å². The number of halogens is 1. The second-order valence-electron chi connectivity index (χ2n) is 4.61. The van der Waals surface area contributed by atoms with Gasteiger partial charge in [-0.05, 0) is 38.1 Å². The molecule has 2 rings (SSSR count). The molecule has 1 N–H and O–H groups in total. The summed E-state index contributed by atoms with van der Waals surface area (Å²) >= 11 is 3.44. The Balaban J connectivity index is 1.77. The van der Waals surface area contributed by atoms with Crippen molar-refractivity contribution in [3.63, 3.8) is 0 Å². The van der Waals surface area contributed by atoms with E-state index in [2.05, 4.69) is 21.2 Å². The van der Waals surface area contributed by atoms with Crippen LogP contribution in [0.25, 0.3) is 0 Å². The van der Waals surface area contributed by atoms with Crippen LogP contribution in [0.2, 0.25) is 0 Å². The lowest BCUT2D eigenvalue weighted by molar-refractivity contribution is 0.0256. The first-order valence-electron chi connectivity index (χ1n) is 6.43. The predicted octanol–water partition coefficient (Wildman–Crippen LogP) is 2.84. The summed E-state index contributed by atoms with van der Waals surface area (Å²) in [6, 6.07) is 8.52. The zero-order valence-electron chi connectivity index (χ0n) is 10.7. The summed E-state index contributed by atoms with van der Waals surface area (Å²) in [5.41, 5.74) is 0. The van der Waals surface area contributed by atoms with Crippen molar-refractivity contribution in [1.29, 1.82) is 0 Å². The molecular formula is C14H20BrNO2. The highest BCUT2D eigenvalue weighted by molar-refractivity contribution is 9.10. The minimum absolute atomic E-state index is 0.552. The van der Waals surface area contributed by atoms with E-state index in [1.165, 1.54) is 0 Å². The summed E-state index contributed by atoms with van der Waals surface area (Å²) in [7, 11) is 2.03. The van der Waals surface area contributed by atoms with Crippen LogP contribution in [-0.2, 0) is 4.74 Å². The van der Waals surface area contributed by atoms with Gasteiger partial charge >= 0.3 is 0 Å². The molecule has 3 nitrogen and oxygen atoms in total. The predicted molar refractivity (Wildman–Crippen MR) is 76.0 cm³/mol. The third kappa shape index (κ3) is 3.97. The maximum atomic E-state index is 5.77. The smallest absolute Gasteiger partial charge is 0.120 e. The highest BCUT2D eigenvalue weighted by Gasteiger charge is 2.23. The standard InChI is InChI=1S/C14H20BrNO2/c1-16-14-6-7-17-10-11(14)5-8-18-13-4-2-3-12(15)9-13/h2-4,9,11,14,16H,5-8,10H2,1H3. The van der Waals surface area contributed by atoms with Crippen molar-refractivity contribution >= 4 is 15.9 Å². The minimum atomic E-state index is 0.552. The Kier molecular flexibility index (Phi) is 5.47. The van der Waals surface area contributed by atoms with Crippen molar-refractivity contribution in [2.75, 3.05) is 26.9 Å². The fourth-order valence-corrected chi connectivity index (χ4v) is 2.72. The van der Waals surface area contributed by atoms with Gasteiger partial charge in [0, 0.05) is 23.0 Å². The molecule has 1 aliphatic heterocycles. The fourth-order valence-electron chi connectivity index (χ4n) is 2.35. The molecule has 0 bridgehead atoms. The topological polar surface area (TPSA) is 30.5 Å². The monoisotopic (exact) mass is 313 g/mol. The lowest BCUT2D eigenvalue weighted by atomic mass is 9.93. The molecule has 0 saturated carbocycles. The molecule has 4 heteroatoms. The van der Waals surface area contributed by atoms with Crippen molar-refractivity contribution in [3.05, 3.63) is 28.7 Å². The Bertz CT molecular complexity index is 373. The van der Waals surface area contributed by atoms with Crippen molar-refractivity contribution < 1.29 is 9.47 Å². The third-order valence-corrected chi connectivity index (χ3v) is 3.89. The van der Waals surface area contributed by atoms with Gasteiger partial charge in [-0.15, -0.1) is 0 Å². The molecule has 0 aromatic heterocycles. The number of rotatable bonds is 5. The molecule has 1 saturated heterocycles. The van der Waals surface area contributed by atoms with E-state index in [9.17, 15) is 0 Å². The van der Waals surface area contributed by atoms with E-state index in [0.29, 0.717) is 12.0 Å². The molecule has 2 atom stereocenters. The van der Waals surface area contributed by atoms with Gasteiger partial charge in [0.15, 0.2) is 0 Å². The van der Waals surface area contributed by atoms with E-state index < -0.39 is 0 Å². The molecule has 100 valence electrons. The molecule has 1 fully saturated rings. The highest BCUT2D eigenvalue weighted by atomic mass is 79.9. The second kappa shape index (κ2) is 7.12. The van der Waals surface area contributed by atoms with E-state index in [1.807, 2.05) is 31.3 Å². The van der Waals surface area contributed by atoms with E-state index in [-0.39, 0.29) is 0 Å². The van der Waals surface area contributed by atoms with Crippen LogP contribution in [0.3, 0.4) is 0 Å². The average Bonchev–Trinajstić information content (AvgIpc) is 2.39. The van der Waals surface area contributed by atoms with Crippen LogP contribution in [0.5, 0.6) is 5.75 Å². The van der Waals surface area contributed by atoms with Crippen LogP contribution in [0, 0.1) is 5.92 Å². The molecule has 1 aromatic rings. The maximum Gasteiger partial charge on any atom is 0.120 e. The quantitative estimate of drug-likeness (QED) is 0.906. The number of hydrogen-bond acceptors (Lipinski definition) is 3. The van der Waals surface area contributed by atoms with Gasteiger partial charge in [0.25, 0.3) is 0 Å². The molecule has 0 spiro atoms. The summed E-state index contributed by atoms with van der Waals surface area (Å²) in [5, 5.41) is 3.37. The van der Waals surface area contributed by atoms with Gasteiger partial charge in [-0.1, -0.05) is 22.0 Å². The van der Waals surface area contributed by atoms with Crippen molar-refractivity contribution in [1.82, 2.24) is 5.32 Å². The maximum absolute atomic E-state index is 5.77. The summed E-state index contributed by atoms with van der Waals surface area (Å²) in [6.45, 7) is 2.45. The zero-order valence-corrected chi connectivity index (χ0v) is 12.3. The van der Waals surface area contributed by atoms with Crippen LogP contribution in [0.1, 0.15) is 12.8 Å². The third-order valence-electron chi connectivity index (χ3n) is 3.40. The lowest BCUT2D eigenvalue weighted by Crippen LogP contribution is -2.41. The molecular weight excluding hydrogens is 294 g/mol. The van der Waals surface area contributed by atoms with Crippen molar-refractivity contribution in [2.24, 2.45) is 5.92 Å². The first kappa shape index (κ1) is 13.8. The number of nitrogens with one attached hydrogen (secondary N) is 1. The van der Waals surface area contributed by atoms with Crippen molar-refractivity contribution in [3.8, 4) is 5.75 Å². The van der Waals surface area contributed by atoms with Gasteiger partial charge in [0.1, 0.15) is 5.75 Å². The van der Waals surface area contributed by atoms with Gasteiger partial charge in [-0.2, -0.15) is 0 Å². The van der Waals surface area contributed by atoms with Crippen LogP contribution < -0.4 is 10.1 Å². The molecule has 1 heterocycles. The number of ether oxygens (including phenoxy) is 2. The Hall–Kier alpha value is -0.580. The zero-order chi connectivity index (χ0) is 12.8. The van der Waals surface area contributed by atoms with Crippen LogP contribution in [0.4, 0.5) is 0 Å². The normalized spacial score (nSPS) is 23.9. The Labute approximate surface area is 117 Å². The Morgan fingerprint density at radius 2 is 2.39 bits per heavy atom. The summed E-state index contributed by atoms with van der Waals surface area (Å²) in [6.07, 6.45) is 2.12. The highest BCUT2D eigenvalue weighted by Crippen LogP contribution is 2.21. The molecule has 0 radical (unpaired) electrons. The van der Waals surface area contributed by atoms with Gasteiger partial charge in [0.2, 0.25) is 0 Å². The number of hydrogen-bond donors (Lipinski definition) is 1. The SMILES string of the molecule is CNC1CCOCC1CCOc1cccc(Br)c1. The van der Waals surface area contributed by atoms with Crippen LogP contribution in [-0.4, -0.2) is 32.9 Å². The minimum Gasteiger partial charge on any atom is -0.494 e. The lowest BCUT2D eigenvalue weighted by Gasteiger charge is -2.31. The van der Waals surface area contributed by atoms with Crippen LogP contribution in [0.15, 0.2) is 28.7 Å². The fraction of sp³-hybridized carbons (Fsp3) is 0.571. The molecule has 0 aliphatic carbocycles. The van der Waals surface area contributed by atoms with Crippen LogP contribution >= 0.6 is 15.9 Å². The van der Waals surface area contributed by atoms with Crippen molar-refractivity contribution in [2.45, 2.75) is 18.9 Å². The summed E-state index contributed by atoms with van der Waals surface area (Å²) in [5.74, 6) is 1.47. The number of benzene rings is 1. The molecule has 18 heavy (non-hydrogen) atoms. The first-order valence-corrected chi connectivity index (χ1v) is 7.22. The van der Waals surface area contributed by atoms with Gasteiger partial charge in [-0.3, -0.25) is 0 Å². The largest absolute Gasteiger partial charge is 0.494 e.